The van der Waals surface area contributed by atoms with E-state index in [-0.39, 0.29) is 30.2 Å². The fourth-order valence-corrected chi connectivity index (χ4v) is 4.44. The third-order valence-electron chi connectivity index (χ3n) is 6.16. The van der Waals surface area contributed by atoms with Crippen molar-refractivity contribution in [3.8, 4) is 0 Å². The Morgan fingerprint density at radius 3 is 1.39 bits per heavy atom. The van der Waals surface area contributed by atoms with Crippen molar-refractivity contribution in [2.24, 2.45) is 0 Å². The summed E-state index contributed by atoms with van der Waals surface area (Å²) in [5.41, 5.74) is 6.07. The molecule has 4 heteroatoms. The van der Waals surface area contributed by atoms with Gasteiger partial charge < -0.3 is 37.7 Å². The normalized spacial score (nSPS) is 15.8. The number of hydrogen-bond donors (Lipinski definition) is 0. The molecule has 0 fully saturated rings. The molecule has 0 spiro atoms. The maximum atomic E-state index is 2.43. The van der Waals surface area contributed by atoms with Crippen LogP contribution in [0.5, 0.6) is 0 Å². The van der Waals surface area contributed by atoms with Gasteiger partial charge in [-0.1, -0.05) is 112 Å². The zero-order chi connectivity index (χ0) is 24.6. The number of allylic oxidation sites excluding steroid dienone is 2. The van der Waals surface area contributed by atoms with Gasteiger partial charge in [0.2, 0.25) is 0 Å². The quantitative estimate of drug-likeness (QED) is 0.215. The van der Waals surface area contributed by atoms with Crippen LogP contribution in [0, 0.1) is 12.8 Å². The van der Waals surface area contributed by atoms with E-state index < -0.39 is 0 Å². The van der Waals surface area contributed by atoms with Crippen molar-refractivity contribution in [1.82, 2.24) is 0 Å². The molecule has 4 rings (SSSR count). The second-order valence-electron chi connectivity index (χ2n) is 9.50. The zero-order valence-corrected chi connectivity index (χ0v) is 27.6. The molecule has 2 unspecified atom stereocenters. The third-order valence-corrected chi connectivity index (χ3v) is 6.16. The van der Waals surface area contributed by atoms with Gasteiger partial charge in [0.25, 0.3) is 0 Å². The molecule has 0 saturated heterocycles. The molecule has 0 aliphatic heterocycles. The Morgan fingerprint density at radius 2 is 1.03 bits per heavy atom. The van der Waals surface area contributed by atoms with Gasteiger partial charge in [-0.2, -0.15) is 25.7 Å². The topological polar surface area (TPSA) is 0 Å². The van der Waals surface area contributed by atoms with Crippen LogP contribution in [-0.4, -0.2) is 5.43 Å². The van der Waals surface area contributed by atoms with Gasteiger partial charge in [-0.25, -0.2) is 0 Å². The molecule has 0 aromatic heterocycles. The number of fused-ring (bicyclic) bond motifs is 2. The van der Waals surface area contributed by atoms with Gasteiger partial charge in [-0.3, -0.25) is 0 Å². The second-order valence-corrected chi connectivity index (χ2v) is 18.9. The smallest absolute Gasteiger partial charge is 1.00 e. The molecule has 0 bridgehead atoms. The van der Waals surface area contributed by atoms with E-state index in [1.165, 1.54) is 73.6 Å². The summed E-state index contributed by atoms with van der Waals surface area (Å²) in [5.74, 6) is 1.32. The monoisotopic (exact) mass is 616 g/mol. The van der Waals surface area contributed by atoms with Crippen LogP contribution in [0.25, 0.3) is 12.2 Å². The Hall–Kier alpha value is -0.400. The number of rotatable bonds is 10. The minimum Gasteiger partial charge on any atom is -1.00 e. The van der Waals surface area contributed by atoms with Gasteiger partial charge in [0.1, 0.15) is 0 Å². The van der Waals surface area contributed by atoms with Gasteiger partial charge in [0, 0.05) is 11.8 Å². The molecule has 0 amide bonds. The largest absolute Gasteiger partial charge is 1.00 e. The average Bonchev–Trinajstić information content (AvgIpc) is 3.44. The van der Waals surface area contributed by atoms with Crippen LogP contribution in [0.2, 0.25) is 13.1 Å². The van der Waals surface area contributed by atoms with Crippen molar-refractivity contribution < 1.29 is 48.1 Å². The first-order valence-corrected chi connectivity index (χ1v) is 19.4. The molecular weight excluding hydrogens is 575 g/mol. The summed E-state index contributed by atoms with van der Waals surface area (Å²) in [5, 5.41) is 0. The predicted molar refractivity (Wildman–Crippen MR) is 151 cm³/mol. The van der Waals surface area contributed by atoms with Crippen LogP contribution in [0.1, 0.15) is 99.3 Å². The molecule has 2 aromatic carbocycles. The van der Waals surface area contributed by atoms with Crippen molar-refractivity contribution >= 4 is 17.6 Å². The molecular formula is C32H44Cl2SiZr-2. The zero-order valence-electron chi connectivity index (χ0n) is 22.7. The van der Waals surface area contributed by atoms with E-state index in [4.69, 9.17) is 0 Å². The van der Waals surface area contributed by atoms with Crippen molar-refractivity contribution in [3.05, 3.63) is 95.8 Å². The minimum absolute atomic E-state index is 0. The van der Waals surface area contributed by atoms with Crippen LogP contribution in [0.15, 0.2) is 60.7 Å². The summed E-state index contributed by atoms with van der Waals surface area (Å²) in [6.07, 6.45) is 24.2. The fraction of sp³-hybridized carbons (Fsp3) is 0.438. The Labute approximate surface area is 250 Å². The number of benzene rings is 2. The van der Waals surface area contributed by atoms with Gasteiger partial charge in [-0.15, -0.1) is 0 Å². The summed E-state index contributed by atoms with van der Waals surface area (Å²) in [4.78, 5) is 0. The second kappa shape index (κ2) is 21.5. The van der Waals surface area contributed by atoms with Gasteiger partial charge in [-0.05, 0) is 22.3 Å². The summed E-state index contributed by atoms with van der Waals surface area (Å²) < 4.78 is 0. The molecule has 2 atom stereocenters. The van der Waals surface area contributed by atoms with Crippen LogP contribution in [0.3, 0.4) is 0 Å². The Morgan fingerprint density at radius 1 is 0.667 bits per heavy atom. The van der Waals surface area contributed by atoms with E-state index in [0.717, 1.165) is 0 Å². The summed E-state index contributed by atoms with van der Waals surface area (Å²) in [6, 6.07) is 17.5. The molecule has 0 saturated carbocycles. The summed E-state index contributed by atoms with van der Waals surface area (Å²) in [6.45, 7) is 9.09. The maximum absolute atomic E-state index is 2.43. The van der Waals surface area contributed by atoms with Crippen molar-refractivity contribution in [1.29, 1.82) is 0 Å². The Kier molecular flexibility index (Phi) is 21.3. The Balaban J connectivity index is 0.000000566. The summed E-state index contributed by atoms with van der Waals surface area (Å²) >= 11 is 1.74. The first-order chi connectivity index (χ1) is 16.6. The van der Waals surface area contributed by atoms with Crippen molar-refractivity contribution in [3.63, 3.8) is 0 Å². The number of unbranched alkanes of at least 4 members (excludes halogenated alkanes) is 6. The van der Waals surface area contributed by atoms with Crippen LogP contribution in [0.4, 0.5) is 0 Å². The molecule has 2 aromatic rings. The molecule has 0 nitrogen and oxygen atoms in total. The first kappa shape index (κ1) is 35.6. The van der Waals surface area contributed by atoms with Crippen LogP contribution >= 0.6 is 0 Å². The molecule has 196 valence electrons. The molecule has 0 radical (unpaired) electrons. The fourth-order valence-electron chi connectivity index (χ4n) is 4.44. The SMILES string of the molecule is CCC[CH-]CCC1C=Cc2ccccc21.CCC[CH-]CCC1C=Cc2ccccc21.C[Si](C)=[Zr+2].[Cl-].[Cl-]. The van der Waals surface area contributed by atoms with Crippen LogP contribution in [-0.2, 0) is 23.3 Å². The van der Waals surface area contributed by atoms with Gasteiger partial charge in [0.05, 0.1) is 0 Å². The molecule has 2 aliphatic carbocycles. The average molecular weight is 619 g/mol. The predicted octanol–water partition coefficient (Wildman–Crippen LogP) is 3.96. The van der Waals surface area contributed by atoms with Gasteiger partial charge >= 0.3 is 41.9 Å². The third kappa shape index (κ3) is 13.4. The molecule has 0 N–H and O–H groups in total. The standard InChI is InChI=1S/2C15H19.C2H6Si.2ClH.Zr/c2*1-2-3-4-5-8-13-11-12-14-9-6-7-10-15(13)14;1-3-2;;;/h2*4,6-7,9-13H,2-3,5,8H2,1H3;1-2H3;2*1H;/q2*-1;;;;+2/p-2. The van der Waals surface area contributed by atoms with Crippen molar-refractivity contribution in [2.45, 2.75) is 90.1 Å². The molecule has 0 heterocycles. The van der Waals surface area contributed by atoms with E-state index in [1.54, 1.807) is 23.3 Å². The Bertz CT molecular complexity index is 848. The number of halogens is 2. The molecule has 36 heavy (non-hydrogen) atoms. The minimum atomic E-state index is 0. The summed E-state index contributed by atoms with van der Waals surface area (Å²) in [7, 11) is 0. The van der Waals surface area contributed by atoms with Crippen LogP contribution < -0.4 is 24.8 Å². The van der Waals surface area contributed by atoms with Gasteiger partial charge in [0.15, 0.2) is 0 Å². The van der Waals surface area contributed by atoms with E-state index in [9.17, 15) is 0 Å². The van der Waals surface area contributed by atoms with E-state index in [2.05, 4.69) is 113 Å². The molecule has 2 aliphatic rings. The van der Waals surface area contributed by atoms with E-state index in [1.807, 2.05) is 0 Å². The van der Waals surface area contributed by atoms with Crippen molar-refractivity contribution in [2.75, 3.05) is 0 Å². The first-order valence-electron chi connectivity index (χ1n) is 13.3. The van der Waals surface area contributed by atoms with E-state index >= 15 is 0 Å². The van der Waals surface area contributed by atoms with E-state index in [0.29, 0.717) is 11.8 Å². The maximum Gasteiger partial charge on any atom is -1.00 e. The number of hydrogen-bond acceptors (Lipinski definition) is 0.